The number of hydrogen-bond donors (Lipinski definition) is 0. The lowest BCUT2D eigenvalue weighted by molar-refractivity contribution is -0.136. The van der Waals surface area contributed by atoms with Gasteiger partial charge < -0.3 is 4.84 Å². The lowest BCUT2D eigenvalue weighted by Crippen LogP contribution is -2.06. The molecular formula is C20H12FN3O2. The van der Waals surface area contributed by atoms with Gasteiger partial charge in [-0.2, -0.15) is 0 Å². The maximum atomic E-state index is 13.1. The first kappa shape index (κ1) is 15.8. The summed E-state index contributed by atoms with van der Waals surface area (Å²) in [6.45, 7) is 0. The van der Waals surface area contributed by atoms with E-state index in [1.165, 1.54) is 18.5 Å². The van der Waals surface area contributed by atoms with E-state index in [1.807, 2.05) is 24.3 Å². The molecule has 0 amide bonds. The molecular weight excluding hydrogens is 333 g/mol. The zero-order valence-electron chi connectivity index (χ0n) is 13.5. The molecule has 1 aliphatic heterocycles. The molecule has 0 bridgehead atoms. The molecule has 1 aromatic heterocycles. The summed E-state index contributed by atoms with van der Waals surface area (Å²) in [5.41, 5.74) is 4.01. The van der Waals surface area contributed by atoms with E-state index in [9.17, 15) is 9.18 Å². The molecule has 0 saturated carbocycles. The van der Waals surface area contributed by atoms with Crippen LogP contribution in [-0.4, -0.2) is 21.6 Å². The van der Waals surface area contributed by atoms with Crippen molar-refractivity contribution in [3.8, 4) is 11.1 Å². The first-order chi connectivity index (χ1) is 12.7. The fourth-order valence-electron chi connectivity index (χ4n) is 2.61. The van der Waals surface area contributed by atoms with Crippen molar-refractivity contribution < 1.29 is 14.0 Å². The van der Waals surface area contributed by atoms with Crippen molar-refractivity contribution in [2.75, 3.05) is 0 Å². The molecule has 0 spiro atoms. The van der Waals surface area contributed by atoms with Gasteiger partial charge in [-0.25, -0.2) is 19.2 Å². The third-order valence-electron chi connectivity index (χ3n) is 3.93. The van der Waals surface area contributed by atoms with E-state index in [1.54, 1.807) is 30.6 Å². The van der Waals surface area contributed by atoms with Gasteiger partial charge in [-0.1, -0.05) is 29.4 Å². The molecule has 0 radical (unpaired) electrons. The normalized spacial score (nSPS) is 15.0. The zero-order valence-corrected chi connectivity index (χ0v) is 13.5. The predicted molar refractivity (Wildman–Crippen MR) is 94.5 cm³/mol. The van der Waals surface area contributed by atoms with Crippen molar-refractivity contribution in [2.24, 2.45) is 5.16 Å². The summed E-state index contributed by atoms with van der Waals surface area (Å²) in [6.07, 6.45) is 6.63. The number of oxime groups is 1. The number of rotatable bonds is 3. The van der Waals surface area contributed by atoms with Crippen molar-refractivity contribution in [3.05, 3.63) is 89.8 Å². The molecule has 2 aromatic carbocycles. The van der Waals surface area contributed by atoms with Crippen LogP contribution in [0.5, 0.6) is 0 Å². The first-order valence-electron chi connectivity index (χ1n) is 7.83. The van der Waals surface area contributed by atoms with Crippen molar-refractivity contribution in [2.45, 2.75) is 0 Å². The number of hydrogen-bond acceptors (Lipinski definition) is 5. The van der Waals surface area contributed by atoms with Crippen LogP contribution in [0.4, 0.5) is 4.39 Å². The van der Waals surface area contributed by atoms with E-state index in [0.29, 0.717) is 16.8 Å². The highest BCUT2D eigenvalue weighted by Crippen LogP contribution is 2.23. The van der Waals surface area contributed by atoms with Crippen LogP contribution in [0.15, 0.2) is 78.0 Å². The largest absolute Gasteiger partial charge is 0.368 e. The monoisotopic (exact) mass is 345 g/mol. The Kier molecular flexibility index (Phi) is 4.07. The predicted octanol–water partition coefficient (Wildman–Crippen LogP) is 3.63. The molecule has 126 valence electrons. The van der Waals surface area contributed by atoms with Crippen LogP contribution in [0, 0.1) is 5.82 Å². The molecule has 26 heavy (non-hydrogen) atoms. The lowest BCUT2D eigenvalue weighted by Gasteiger charge is -2.03. The summed E-state index contributed by atoms with van der Waals surface area (Å²) in [5.74, 6) is -0.893. The van der Waals surface area contributed by atoms with Crippen LogP contribution in [0.25, 0.3) is 17.2 Å². The van der Waals surface area contributed by atoms with Crippen LogP contribution in [0.2, 0.25) is 0 Å². The smallest absolute Gasteiger partial charge is 0.312 e. The zero-order chi connectivity index (χ0) is 17.9. The number of benzene rings is 2. The van der Waals surface area contributed by atoms with E-state index < -0.39 is 5.97 Å². The fourth-order valence-corrected chi connectivity index (χ4v) is 2.61. The number of nitrogens with zero attached hydrogens (tertiary/aromatic N) is 3. The molecule has 5 nitrogen and oxygen atoms in total. The van der Waals surface area contributed by atoms with Crippen LogP contribution in [-0.2, 0) is 9.63 Å². The third-order valence-corrected chi connectivity index (χ3v) is 3.93. The highest BCUT2D eigenvalue weighted by atomic mass is 19.1. The summed E-state index contributed by atoms with van der Waals surface area (Å²) in [7, 11) is 0. The Morgan fingerprint density at radius 2 is 1.50 bits per heavy atom. The van der Waals surface area contributed by atoms with Crippen LogP contribution in [0.3, 0.4) is 0 Å². The molecule has 6 heteroatoms. The topological polar surface area (TPSA) is 64.4 Å². The first-order valence-corrected chi connectivity index (χ1v) is 7.83. The molecule has 0 fully saturated rings. The summed E-state index contributed by atoms with van der Waals surface area (Å²) in [4.78, 5) is 24.8. The van der Waals surface area contributed by atoms with Crippen molar-refractivity contribution >= 4 is 17.8 Å². The third kappa shape index (κ3) is 3.12. The van der Waals surface area contributed by atoms with E-state index in [-0.39, 0.29) is 5.82 Å². The highest BCUT2D eigenvalue weighted by Gasteiger charge is 2.26. The second-order valence-electron chi connectivity index (χ2n) is 5.63. The standard InChI is InChI=1S/C20H12FN3O2/c21-17-7-5-15(6-8-17)19-18(20(25)26-24-19)9-13-1-3-14(4-2-13)16-10-22-12-23-11-16/h1-12H/b18-9-. The van der Waals surface area contributed by atoms with Crippen molar-refractivity contribution in [1.29, 1.82) is 0 Å². The van der Waals surface area contributed by atoms with Gasteiger partial charge >= 0.3 is 5.97 Å². The molecule has 1 aliphatic rings. The minimum Gasteiger partial charge on any atom is -0.312 e. The number of halogens is 1. The Morgan fingerprint density at radius 1 is 0.846 bits per heavy atom. The van der Waals surface area contributed by atoms with Crippen molar-refractivity contribution in [1.82, 2.24) is 9.97 Å². The summed E-state index contributed by atoms with van der Waals surface area (Å²) in [6, 6.07) is 13.3. The SMILES string of the molecule is O=C1ON=C(c2ccc(F)cc2)/C1=C/c1ccc(-c2cncnc2)cc1. The summed E-state index contributed by atoms with van der Waals surface area (Å²) < 4.78 is 13.1. The molecule has 0 atom stereocenters. The molecule has 3 aromatic rings. The number of carbonyl (C=O) groups excluding carboxylic acids is 1. The Hall–Kier alpha value is -3.67. The maximum absolute atomic E-state index is 13.1. The Bertz CT molecular complexity index is 1010. The molecule has 0 unspecified atom stereocenters. The van der Waals surface area contributed by atoms with Gasteiger partial charge in [0, 0.05) is 23.5 Å². The van der Waals surface area contributed by atoms with Crippen LogP contribution in [0.1, 0.15) is 11.1 Å². The van der Waals surface area contributed by atoms with E-state index in [2.05, 4.69) is 15.1 Å². The highest BCUT2D eigenvalue weighted by molar-refractivity contribution is 6.31. The Morgan fingerprint density at radius 3 is 2.19 bits per heavy atom. The Labute approximate surface area is 148 Å². The van der Waals surface area contributed by atoms with Crippen LogP contribution >= 0.6 is 0 Å². The van der Waals surface area contributed by atoms with E-state index >= 15 is 0 Å². The average Bonchev–Trinajstić information content (AvgIpc) is 3.04. The molecule has 4 rings (SSSR count). The van der Waals surface area contributed by atoms with Crippen molar-refractivity contribution in [3.63, 3.8) is 0 Å². The van der Waals surface area contributed by atoms with Gasteiger partial charge in [0.15, 0.2) is 0 Å². The van der Waals surface area contributed by atoms with Gasteiger partial charge in [0.1, 0.15) is 17.9 Å². The minimum atomic E-state index is -0.537. The molecule has 2 heterocycles. The van der Waals surface area contributed by atoms with E-state index in [0.717, 1.165) is 16.7 Å². The van der Waals surface area contributed by atoms with Gasteiger partial charge in [0.05, 0.1) is 5.57 Å². The van der Waals surface area contributed by atoms with Gasteiger partial charge in [0.25, 0.3) is 0 Å². The van der Waals surface area contributed by atoms with Gasteiger partial charge in [-0.05, 0) is 41.5 Å². The summed E-state index contributed by atoms with van der Waals surface area (Å²) >= 11 is 0. The molecule has 0 aliphatic carbocycles. The van der Waals surface area contributed by atoms with Gasteiger partial charge in [-0.15, -0.1) is 0 Å². The number of carbonyl (C=O) groups is 1. The quantitative estimate of drug-likeness (QED) is 0.537. The summed E-state index contributed by atoms with van der Waals surface area (Å²) in [5, 5.41) is 3.82. The second kappa shape index (κ2) is 6.68. The van der Waals surface area contributed by atoms with Crippen LogP contribution < -0.4 is 0 Å². The molecule has 0 N–H and O–H groups in total. The fraction of sp³-hybridized carbons (Fsp3) is 0. The Balaban J connectivity index is 1.65. The lowest BCUT2D eigenvalue weighted by atomic mass is 9.99. The second-order valence-corrected chi connectivity index (χ2v) is 5.63. The average molecular weight is 345 g/mol. The number of aromatic nitrogens is 2. The minimum absolute atomic E-state index is 0.326. The molecule has 0 saturated heterocycles. The van der Waals surface area contributed by atoms with E-state index in [4.69, 9.17) is 4.84 Å². The van der Waals surface area contributed by atoms with Gasteiger partial charge in [0.2, 0.25) is 0 Å². The maximum Gasteiger partial charge on any atom is 0.368 e. The van der Waals surface area contributed by atoms with Gasteiger partial charge in [-0.3, -0.25) is 0 Å².